The number of fused-ring (bicyclic) bond motifs is 4. The van der Waals surface area contributed by atoms with Crippen molar-refractivity contribution in [1.82, 2.24) is 9.80 Å². The topological polar surface area (TPSA) is 60.9 Å². The van der Waals surface area contributed by atoms with Gasteiger partial charge in [-0.3, -0.25) is 9.69 Å². The standard InChI is InChI=1S/C20H26N2O3/c1-19(2)16-12-13-14(6-4-7-15(13)23)20(19,3)9-11-21(16)18(25)22-10-5-8-17(22)24/h4,6-7,16,23H,5,8-12H2,1-3H3/t16-,20+/m0/s1. The molecule has 4 rings (SSSR count). The van der Waals surface area contributed by atoms with Crippen molar-refractivity contribution >= 4 is 11.9 Å². The molecule has 0 saturated carbocycles. The highest BCUT2D eigenvalue weighted by molar-refractivity contribution is 5.96. The lowest BCUT2D eigenvalue weighted by Crippen LogP contribution is -2.66. The normalized spacial score (nSPS) is 30.4. The van der Waals surface area contributed by atoms with Crippen LogP contribution in [0.5, 0.6) is 5.75 Å². The van der Waals surface area contributed by atoms with Crippen LogP contribution >= 0.6 is 0 Å². The molecule has 2 fully saturated rings. The van der Waals surface area contributed by atoms with Gasteiger partial charge in [-0.15, -0.1) is 0 Å². The number of aromatic hydroxyl groups is 1. The number of carbonyl (C=O) groups is 2. The molecule has 2 heterocycles. The summed E-state index contributed by atoms with van der Waals surface area (Å²) in [7, 11) is 0. The van der Waals surface area contributed by atoms with Crippen LogP contribution in [0.3, 0.4) is 0 Å². The number of piperidine rings is 1. The Morgan fingerprint density at radius 3 is 2.68 bits per heavy atom. The Morgan fingerprint density at radius 2 is 2.00 bits per heavy atom. The Morgan fingerprint density at radius 1 is 1.24 bits per heavy atom. The number of benzene rings is 1. The van der Waals surface area contributed by atoms with Crippen LogP contribution in [0.25, 0.3) is 0 Å². The Balaban J connectivity index is 1.76. The number of amides is 3. The molecule has 1 N–H and O–H groups in total. The summed E-state index contributed by atoms with van der Waals surface area (Å²) in [6.07, 6.45) is 2.70. The van der Waals surface area contributed by atoms with Gasteiger partial charge in [0.15, 0.2) is 0 Å². The van der Waals surface area contributed by atoms with Crippen LogP contribution in [-0.2, 0) is 16.6 Å². The van der Waals surface area contributed by atoms with E-state index in [1.165, 1.54) is 10.5 Å². The maximum Gasteiger partial charge on any atom is 0.326 e. The first kappa shape index (κ1) is 16.4. The van der Waals surface area contributed by atoms with Crippen LogP contribution in [-0.4, -0.2) is 46.0 Å². The number of carbonyl (C=O) groups excluding carboxylic acids is 2. The predicted octanol–water partition coefficient (Wildman–Crippen LogP) is 3.05. The van der Waals surface area contributed by atoms with Crippen LogP contribution in [0, 0.1) is 5.41 Å². The number of hydrogen-bond acceptors (Lipinski definition) is 3. The number of phenolic OH excluding ortho intramolecular Hbond substituents is 1. The molecule has 3 amide bonds. The maximum absolute atomic E-state index is 13.1. The largest absolute Gasteiger partial charge is 0.508 e. The Kier molecular flexibility index (Phi) is 3.44. The lowest BCUT2D eigenvalue weighted by atomic mass is 9.51. The van der Waals surface area contributed by atoms with Crippen molar-refractivity contribution in [2.24, 2.45) is 5.41 Å². The number of urea groups is 1. The molecular formula is C20H26N2O3. The van der Waals surface area contributed by atoms with Gasteiger partial charge < -0.3 is 10.0 Å². The quantitative estimate of drug-likeness (QED) is 0.788. The van der Waals surface area contributed by atoms with Crippen molar-refractivity contribution in [3.05, 3.63) is 29.3 Å². The summed E-state index contributed by atoms with van der Waals surface area (Å²) in [5.41, 5.74) is 1.93. The van der Waals surface area contributed by atoms with Crippen molar-refractivity contribution in [1.29, 1.82) is 0 Å². The van der Waals surface area contributed by atoms with Crippen LogP contribution in [0.15, 0.2) is 18.2 Å². The number of likely N-dealkylation sites (tertiary alicyclic amines) is 2. The average molecular weight is 342 g/mol. The highest BCUT2D eigenvalue weighted by Gasteiger charge is 2.57. The van der Waals surface area contributed by atoms with E-state index in [9.17, 15) is 14.7 Å². The van der Waals surface area contributed by atoms with Crippen molar-refractivity contribution in [2.75, 3.05) is 13.1 Å². The molecule has 5 nitrogen and oxygen atoms in total. The third-order valence-corrected chi connectivity index (χ3v) is 7.18. The van der Waals surface area contributed by atoms with Gasteiger partial charge in [-0.1, -0.05) is 32.9 Å². The van der Waals surface area contributed by atoms with E-state index in [4.69, 9.17) is 0 Å². The molecule has 2 bridgehead atoms. The average Bonchev–Trinajstić information content (AvgIpc) is 2.97. The van der Waals surface area contributed by atoms with E-state index in [1.807, 2.05) is 11.0 Å². The lowest BCUT2D eigenvalue weighted by molar-refractivity contribution is -0.126. The summed E-state index contributed by atoms with van der Waals surface area (Å²) in [5, 5.41) is 10.4. The van der Waals surface area contributed by atoms with E-state index in [0.717, 1.165) is 18.4 Å². The molecule has 2 saturated heterocycles. The Labute approximate surface area is 148 Å². The summed E-state index contributed by atoms with van der Waals surface area (Å²) < 4.78 is 0. The van der Waals surface area contributed by atoms with Gasteiger partial charge in [-0.25, -0.2) is 4.79 Å². The molecule has 1 aromatic carbocycles. The Hall–Kier alpha value is -2.04. The van der Waals surface area contributed by atoms with Gasteiger partial charge in [0.05, 0.1) is 0 Å². The molecule has 0 radical (unpaired) electrons. The van der Waals surface area contributed by atoms with Crippen molar-refractivity contribution in [3.63, 3.8) is 0 Å². The highest BCUT2D eigenvalue weighted by Crippen LogP contribution is 2.57. The molecule has 0 aromatic heterocycles. The van der Waals surface area contributed by atoms with E-state index in [1.54, 1.807) is 6.07 Å². The maximum atomic E-state index is 13.1. The van der Waals surface area contributed by atoms with Crippen LogP contribution in [0.2, 0.25) is 0 Å². The summed E-state index contributed by atoms with van der Waals surface area (Å²) in [4.78, 5) is 28.4. The van der Waals surface area contributed by atoms with Gasteiger partial charge in [0, 0.05) is 31.0 Å². The monoisotopic (exact) mass is 342 g/mol. The fourth-order valence-electron chi connectivity index (χ4n) is 5.16. The summed E-state index contributed by atoms with van der Waals surface area (Å²) in [6, 6.07) is 5.59. The van der Waals surface area contributed by atoms with Crippen LogP contribution in [0.4, 0.5) is 4.79 Å². The van der Waals surface area contributed by atoms with Gasteiger partial charge in [-0.2, -0.15) is 0 Å². The van der Waals surface area contributed by atoms with Gasteiger partial charge in [0.25, 0.3) is 0 Å². The second-order valence-electron chi connectivity index (χ2n) is 8.45. The molecule has 2 aliphatic heterocycles. The first-order valence-corrected chi connectivity index (χ1v) is 9.19. The van der Waals surface area contributed by atoms with Crippen LogP contribution in [0.1, 0.15) is 51.2 Å². The molecular weight excluding hydrogens is 316 g/mol. The zero-order valence-corrected chi connectivity index (χ0v) is 15.2. The second-order valence-corrected chi connectivity index (χ2v) is 8.45. The molecule has 1 aromatic rings. The van der Waals surface area contributed by atoms with E-state index < -0.39 is 0 Å². The minimum Gasteiger partial charge on any atom is -0.508 e. The smallest absolute Gasteiger partial charge is 0.326 e. The van der Waals surface area contributed by atoms with Crippen molar-refractivity contribution in [2.45, 2.75) is 57.9 Å². The Bertz CT molecular complexity index is 757. The van der Waals surface area contributed by atoms with Crippen molar-refractivity contribution < 1.29 is 14.7 Å². The van der Waals surface area contributed by atoms with Gasteiger partial charge in [0.1, 0.15) is 5.75 Å². The van der Waals surface area contributed by atoms with E-state index >= 15 is 0 Å². The third-order valence-electron chi connectivity index (χ3n) is 7.18. The molecule has 0 spiro atoms. The third kappa shape index (κ3) is 2.07. The molecule has 134 valence electrons. The number of phenols is 1. The predicted molar refractivity (Wildman–Crippen MR) is 94.4 cm³/mol. The van der Waals surface area contributed by atoms with E-state index in [0.29, 0.717) is 31.7 Å². The summed E-state index contributed by atoms with van der Waals surface area (Å²) >= 11 is 0. The second kappa shape index (κ2) is 5.23. The molecule has 1 aliphatic carbocycles. The fraction of sp³-hybridized carbons (Fsp3) is 0.600. The molecule has 3 aliphatic rings. The number of imide groups is 1. The fourth-order valence-corrected chi connectivity index (χ4v) is 5.16. The number of nitrogens with zero attached hydrogens (tertiary/aromatic N) is 2. The molecule has 2 atom stereocenters. The zero-order valence-electron chi connectivity index (χ0n) is 15.2. The van der Waals surface area contributed by atoms with Crippen molar-refractivity contribution in [3.8, 4) is 5.75 Å². The first-order chi connectivity index (χ1) is 11.8. The molecule has 0 unspecified atom stereocenters. The summed E-state index contributed by atoms with van der Waals surface area (Å²) in [6.45, 7) is 7.87. The zero-order chi connectivity index (χ0) is 18.0. The van der Waals surface area contributed by atoms with Crippen LogP contribution < -0.4 is 0 Å². The summed E-state index contributed by atoms with van der Waals surface area (Å²) in [5.74, 6) is 0.256. The lowest BCUT2D eigenvalue weighted by Gasteiger charge is -2.60. The SMILES string of the molecule is CC1(C)[C@@H]2Cc3c(O)cccc3[C@@]1(C)CCN2C(=O)N1CCCC1=O. The molecule has 5 heteroatoms. The number of rotatable bonds is 0. The van der Waals surface area contributed by atoms with E-state index in [-0.39, 0.29) is 28.8 Å². The van der Waals surface area contributed by atoms with Gasteiger partial charge >= 0.3 is 6.03 Å². The van der Waals surface area contributed by atoms with E-state index in [2.05, 4.69) is 26.8 Å². The minimum atomic E-state index is -0.151. The minimum absolute atomic E-state index is 0.0204. The van der Waals surface area contributed by atoms with Gasteiger partial charge in [0.2, 0.25) is 5.91 Å². The molecule has 25 heavy (non-hydrogen) atoms. The first-order valence-electron chi connectivity index (χ1n) is 9.19. The highest BCUT2D eigenvalue weighted by atomic mass is 16.3. The van der Waals surface area contributed by atoms with Gasteiger partial charge in [-0.05, 0) is 41.9 Å². The number of hydrogen-bond donors (Lipinski definition) is 1.